The third-order valence-electron chi connectivity index (χ3n) is 1.74. The summed E-state index contributed by atoms with van der Waals surface area (Å²) in [5.41, 5.74) is 10.2. The SMILES string of the molecule is NC(N)=NCC1CC(O)C1. The molecular weight excluding hydrogens is 130 g/mol. The highest BCUT2D eigenvalue weighted by molar-refractivity contribution is 5.75. The summed E-state index contributed by atoms with van der Waals surface area (Å²) in [6.07, 6.45) is 1.58. The quantitative estimate of drug-likeness (QED) is 0.343. The van der Waals surface area contributed by atoms with Crippen LogP contribution in [0.3, 0.4) is 0 Å². The van der Waals surface area contributed by atoms with Crippen LogP contribution in [0.5, 0.6) is 0 Å². The van der Waals surface area contributed by atoms with Gasteiger partial charge in [-0.05, 0) is 18.8 Å². The van der Waals surface area contributed by atoms with Crippen LogP contribution in [0.25, 0.3) is 0 Å². The van der Waals surface area contributed by atoms with E-state index in [1.54, 1.807) is 0 Å². The second-order valence-corrected chi connectivity index (χ2v) is 2.76. The Bertz CT molecular complexity index is 136. The van der Waals surface area contributed by atoms with Gasteiger partial charge in [0.15, 0.2) is 5.96 Å². The smallest absolute Gasteiger partial charge is 0.185 e. The molecule has 0 unspecified atom stereocenters. The average Bonchev–Trinajstić information content (AvgIpc) is 1.77. The molecule has 0 aliphatic heterocycles. The number of nitrogens with zero attached hydrogens (tertiary/aromatic N) is 1. The lowest BCUT2D eigenvalue weighted by Gasteiger charge is -2.29. The predicted octanol–water partition coefficient (Wildman–Crippen LogP) is -0.969. The lowest BCUT2D eigenvalue weighted by molar-refractivity contribution is 0.0471. The van der Waals surface area contributed by atoms with Gasteiger partial charge in [-0.1, -0.05) is 0 Å². The molecule has 4 nitrogen and oxygen atoms in total. The number of aliphatic hydroxyl groups is 1. The zero-order chi connectivity index (χ0) is 7.56. The van der Waals surface area contributed by atoms with Crippen LogP contribution >= 0.6 is 0 Å². The highest BCUT2D eigenvalue weighted by Gasteiger charge is 2.26. The van der Waals surface area contributed by atoms with Gasteiger partial charge >= 0.3 is 0 Å². The molecule has 4 heteroatoms. The van der Waals surface area contributed by atoms with Crippen molar-refractivity contribution < 1.29 is 5.11 Å². The molecule has 0 bridgehead atoms. The van der Waals surface area contributed by atoms with Crippen molar-refractivity contribution in [1.82, 2.24) is 0 Å². The van der Waals surface area contributed by atoms with Gasteiger partial charge < -0.3 is 16.6 Å². The molecule has 1 aliphatic carbocycles. The van der Waals surface area contributed by atoms with Crippen molar-refractivity contribution in [2.24, 2.45) is 22.4 Å². The van der Waals surface area contributed by atoms with E-state index in [-0.39, 0.29) is 12.1 Å². The summed E-state index contributed by atoms with van der Waals surface area (Å²) >= 11 is 0. The highest BCUT2D eigenvalue weighted by atomic mass is 16.3. The Morgan fingerprint density at radius 3 is 2.50 bits per heavy atom. The Morgan fingerprint density at radius 1 is 1.50 bits per heavy atom. The Morgan fingerprint density at radius 2 is 2.10 bits per heavy atom. The van der Waals surface area contributed by atoms with Gasteiger partial charge in [-0.25, -0.2) is 0 Å². The number of aliphatic hydroxyl groups excluding tert-OH is 1. The minimum Gasteiger partial charge on any atom is -0.393 e. The third kappa shape index (κ3) is 1.88. The molecule has 5 N–H and O–H groups in total. The molecule has 1 aliphatic rings. The maximum Gasteiger partial charge on any atom is 0.185 e. The molecule has 0 amide bonds. The summed E-state index contributed by atoms with van der Waals surface area (Å²) in [6.45, 7) is 0.666. The number of hydrogen-bond donors (Lipinski definition) is 3. The monoisotopic (exact) mass is 143 g/mol. The molecule has 0 radical (unpaired) electrons. The molecule has 58 valence electrons. The van der Waals surface area contributed by atoms with Gasteiger partial charge in [0.05, 0.1) is 6.10 Å². The molecule has 1 saturated carbocycles. The van der Waals surface area contributed by atoms with Gasteiger partial charge in [-0.15, -0.1) is 0 Å². The molecule has 1 fully saturated rings. The third-order valence-corrected chi connectivity index (χ3v) is 1.74. The minimum atomic E-state index is -0.112. The van der Waals surface area contributed by atoms with Gasteiger partial charge in [-0.3, -0.25) is 4.99 Å². The summed E-state index contributed by atoms with van der Waals surface area (Å²) in [5.74, 6) is 0.637. The second-order valence-electron chi connectivity index (χ2n) is 2.76. The molecule has 0 spiro atoms. The Hall–Kier alpha value is -0.770. The summed E-state index contributed by atoms with van der Waals surface area (Å²) in [5, 5.41) is 8.87. The highest BCUT2D eigenvalue weighted by Crippen LogP contribution is 2.26. The fraction of sp³-hybridized carbons (Fsp3) is 0.833. The van der Waals surface area contributed by atoms with E-state index in [0.29, 0.717) is 12.5 Å². The summed E-state index contributed by atoms with van der Waals surface area (Å²) in [4.78, 5) is 3.84. The minimum absolute atomic E-state index is 0.112. The van der Waals surface area contributed by atoms with Crippen LogP contribution < -0.4 is 11.5 Å². The van der Waals surface area contributed by atoms with E-state index in [0.717, 1.165) is 12.8 Å². The Balaban J connectivity index is 2.11. The van der Waals surface area contributed by atoms with E-state index < -0.39 is 0 Å². The second kappa shape index (κ2) is 2.88. The van der Waals surface area contributed by atoms with Crippen LogP contribution in [0.1, 0.15) is 12.8 Å². The normalized spacial score (nSPS) is 30.9. The van der Waals surface area contributed by atoms with Crippen molar-refractivity contribution in [2.75, 3.05) is 6.54 Å². The van der Waals surface area contributed by atoms with Crippen molar-refractivity contribution in [3.05, 3.63) is 0 Å². The first-order valence-electron chi connectivity index (χ1n) is 3.42. The van der Waals surface area contributed by atoms with Gasteiger partial charge in [0.25, 0.3) is 0 Å². The van der Waals surface area contributed by atoms with Gasteiger partial charge in [0.2, 0.25) is 0 Å². The van der Waals surface area contributed by atoms with E-state index in [2.05, 4.69) is 4.99 Å². The molecule has 0 aromatic heterocycles. The predicted molar refractivity (Wildman–Crippen MR) is 39.4 cm³/mol. The lowest BCUT2D eigenvalue weighted by Crippen LogP contribution is -2.32. The Kier molecular flexibility index (Phi) is 2.11. The standard InChI is InChI=1S/C6H13N3O/c7-6(8)9-3-4-1-5(10)2-4/h4-5,10H,1-3H2,(H4,7,8,9). The zero-order valence-electron chi connectivity index (χ0n) is 5.83. The maximum atomic E-state index is 8.87. The van der Waals surface area contributed by atoms with E-state index >= 15 is 0 Å². The van der Waals surface area contributed by atoms with Crippen molar-refractivity contribution in [2.45, 2.75) is 18.9 Å². The number of hydrogen-bond acceptors (Lipinski definition) is 2. The summed E-state index contributed by atoms with van der Waals surface area (Å²) in [6, 6.07) is 0. The van der Waals surface area contributed by atoms with Gasteiger partial charge in [0.1, 0.15) is 0 Å². The maximum absolute atomic E-state index is 8.87. The first-order chi connectivity index (χ1) is 4.68. The van der Waals surface area contributed by atoms with Gasteiger partial charge in [0, 0.05) is 6.54 Å². The molecular formula is C6H13N3O. The number of rotatable bonds is 2. The number of nitrogens with two attached hydrogens (primary N) is 2. The van der Waals surface area contributed by atoms with Gasteiger partial charge in [-0.2, -0.15) is 0 Å². The van der Waals surface area contributed by atoms with Crippen LogP contribution in [0.2, 0.25) is 0 Å². The van der Waals surface area contributed by atoms with E-state index in [9.17, 15) is 0 Å². The molecule has 0 aromatic rings. The average molecular weight is 143 g/mol. The first-order valence-corrected chi connectivity index (χ1v) is 3.42. The molecule has 0 atom stereocenters. The molecule has 10 heavy (non-hydrogen) atoms. The fourth-order valence-corrected chi connectivity index (χ4v) is 1.08. The first kappa shape index (κ1) is 7.34. The number of aliphatic imine (C=N–C) groups is 1. The van der Waals surface area contributed by atoms with Crippen LogP contribution in [0.4, 0.5) is 0 Å². The van der Waals surface area contributed by atoms with Crippen LogP contribution in [-0.4, -0.2) is 23.7 Å². The molecule has 1 rings (SSSR count). The molecule has 0 saturated heterocycles. The van der Waals surface area contributed by atoms with E-state index in [1.165, 1.54) is 0 Å². The van der Waals surface area contributed by atoms with Crippen molar-refractivity contribution in [3.8, 4) is 0 Å². The number of guanidine groups is 1. The lowest BCUT2D eigenvalue weighted by atomic mass is 9.83. The van der Waals surface area contributed by atoms with Crippen molar-refractivity contribution >= 4 is 5.96 Å². The van der Waals surface area contributed by atoms with Crippen LogP contribution in [0, 0.1) is 5.92 Å². The van der Waals surface area contributed by atoms with Crippen LogP contribution in [-0.2, 0) is 0 Å². The van der Waals surface area contributed by atoms with E-state index in [4.69, 9.17) is 16.6 Å². The summed E-state index contributed by atoms with van der Waals surface area (Å²) < 4.78 is 0. The largest absolute Gasteiger partial charge is 0.393 e. The topological polar surface area (TPSA) is 84.6 Å². The molecule has 0 aromatic carbocycles. The summed E-state index contributed by atoms with van der Waals surface area (Å²) in [7, 11) is 0. The van der Waals surface area contributed by atoms with E-state index in [1.807, 2.05) is 0 Å². The van der Waals surface area contributed by atoms with Crippen LogP contribution in [0.15, 0.2) is 4.99 Å². The van der Waals surface area contributed by atoms with Crippen molar-refractivity contribution in [1.29, 1.82) is 0 Å². The fourth-order valence-electron chi connectivity index (χ4n) is 1.08. The molecule has 0 heterocycles. The zero-order valence-corrected chi connectivity index (χ0v) is 5.83. The van der Waals surface area contributed by atoms with Crippen molar-refractivity contribution in [3.63, 3.8) is 0 Å². The Labute approximate surface area is 59.9 Å².